The van der Waals surface area contributed by atoms with Crippen LogP contribution in [0.4, 0.5) is 5.82 Å². The van der Waals surface area contributed by atoms with Crippen molar-refractivity contribution in [3.05, 3.63) is 46.1 Å². The summed E-state index contributed by atoms with van der Waals surface area (Å²) in [4.78, 5) is 11.7. The Labute approximate surface area is 133 Å². The Kier molecular flexibility index (Phi) is 5.61. The molecule has 1 aromatic carbocycles. The average molecular weight is 327 g/mol. The zero-order chi connectivity index (χ0) is 15.2. The minimum absolute atomic E-state index is 0.0903. The molecule has 112 valence electrons. The largest absolute Gasteiger partial charge is 0.330 e. The number of rotatable bonds is 6. The quantitative estimate of drug-likeness (QED) is 0.857. The van der Waals surface area contributed by atoms with Crippen LogP contribution in [0.5, 0.6) is 0 Å². The number of carbonyl (C=O) groups excluding carboxylic acids is 1. The van der Waals surface area contributed by atoms with Gasteiger partial charge in [-0.3, -0.25) is 4.79 Å². The maximum Gasteiger partial charge on any atom is 0.225 e. The summed E-state index contributed by atoms with van der Waals surface area (Å²) in [5.41, 5.74) is 6.15. The number of benzene rings is 1. The second-order valence-corrected chi connectivity index (χ2v) is 5.33. The Balaban J connectivity index is 2.12. The van der Waals surface area contributed by atoms with E-state index in [2.05, 4.69) is 10.4 Å². The van der Waals surface area contributed by atoms with Gasteiger partial charge in [0.25, 0.3) is 0 Å². The molecule has 5 nitrogen and oxygen atoms in total. The number of aromatic nitrogens is 2. The lowest BCUT2D eigenvalue weighted by Crippen LogP contribution is -2.17. The molecular weight excluding hydrogens is 311 g/mol. The van der Waals surface area contributed by atoms with Gasteiger partial charge in [0.05, 0.1) is 12.7 Å². The van der Waals surface area contributed by atoms with E-state index >= 15 is 0 Å². The lowest BCUT2D eigenvalue weighted by molar-refractivity contribution is -0.116. The van der Waals surface area contributed by atoms with Crippen molar-refractivity contribution in [1.82, 2.24) is 9.78 Å². The molecule has 1 amide bonds. The summed E-state index contributed by atoms with van der Waals surface area (Å²) in [5, 5.41) is 8.13. The molecule has 0 fully saturated rings. The summed E-state index contributed by atoms with van der Waals surface area (Å²) in [6, 6.07) is 7.05. The Hall–Kier alpha value is -1.56. The highest BCUT2D eigenvalue weighted by atomic mass is 35.5. The zero-order valence-electron chi connectivity index (χ0n) is 11.4. The van der Waals surface area contributed by atoms with Crippen LogP contribution in [0.1, 0.15) is 18.4 Å². The van der Waals surface area contributed by atoms with Crippen molar-refractivity contribution in [2.45, 2.75) is 19.4 Å². The molecule has 0 saturated carbocycles. The molecule has 0 unspecified atom stereocenters. The van der Waals surface area contributed by atoms with Crippen LogP contribution in [0, 0.1) is 0 Å². The number of hydrogen-bond acceptors (Lipinski definition) is 3. The van der Waals surface area contributed by atoms with Gasteiger partial charge in [-0.05, 0) is 25.1 Å². The summed E-state index contributed by atoms with van der Waals surface area (Å²) < 4.78 is 1.65. The van der Waals surface area contributed by atoms with Crippen LogP contribution in [0.3, 0.4) is 0 Å². The summed E-state index contributed by atoms with van der Waals surface area (Å²) >= 11 is 12.3. The molecule has 0 saturated heterocycles. The summed E-state index contributed by atoms with van der Waals surface area (Å²) in [5.74, 6) is 0.514. The van der Waals surface area contributed by atoms with E-state index in [-0.39, 0.29) is 5.91 Å². The van der Waals surface area contributed by atoms with Gasteiger partial charge >= 0.3 is 0 Å². The number of halogens is 2. The number of carbonyl (C=O) groups is 1. The van der Waals surface area contributed by atoms with Crippen LogP contribution >= 0.6 is 23.2 Å². The fourth-order valence-corrected chi connectivity index (χ4v) is 2.38. The second-order valence-electron chi connectivity index (χ2n) is 4.51. The number of anilines is 1. The molecule has 21 heavy (non-hydrogen) atoms. The van der Waals surface area contributed by atoms with Gasteiger partial charge < -0.3 is 11.1 Å². The SMILES string of the molecule is NCCCC(=O)Nc1ccnn1Cc1c(Cl)cccc1Cl. The molecule has 0 aliphatic heterocycles. The summed E-state index contributed by atoms with van der Waals surface area (Å²) in [6.07, 6.45) is 2.65. The summed E-state index contributed by atoms with van der Waals surface area (Å²) in [6.45, 7) is 0.875. The molecule has 0 aliphatic rings. The fourth-order valence-electron chi connectivity index (χ4n) is 1.87. The third-order valence-corrected chi connectivity index (χ3v) is 3.67. The first-order valence-electron chi connectivity index (χ1n) is 6.56. The molecule has 1 aromatic heterocycles. The van der Waals surface area contributed by atoms with Crippen molar-refractivity contribution in [3.8, 4) is 0 Å². The maximum absolute atomic E-state index is 11.7. The van der Waals surface area contributed by atoms with E-state index in [4.69, 9.17) is 28.9 Å². The van der Waals surface area contributed by atoms with Crippen LogP contribution in [0.15, 0.2) is 30.5 Å². The van der Waals surface area contributed by atoms with Gasteiger partial charge in [0.2, 0.25) is 5.91 Å². The van der Waals surface area contributed by atoms with E-state index in [1.54, 1.807) is 35.1 Å². The molecule has 2 rings (SSSR count). The van der Waals surface area contributed by atoms with Crippen LogP contribution < -0.4 is 11.1 Å². The predicted octanol–water partition coefficient (Wildman–Crippen LogP) is 2.92. The van der Waals surface area contributed by atoms with Crippen molar-refractivity contribution >= 4 is 34.9 Å². The highest BCUT2D eigenvalue weighted by molar-refractivity contribution is 6.35. The van der Waals surface area contributed by atoms with Gasteiger partial charge in [-0.1, -0.05) is 29.3 Å². The van der Waals surface area contributed by atoms with Gasteiger partial charge in [0.1, 0.15) is 5.82 Å². The van der Waals surface area contributed by atoms with Gasteiger partial charge in [-0.2, -0.15) is 5.10 Å². The number of nitrogens with two attached hydrogens (primary N) is 1. The highest BCUT2D eigenvalue weighted by Gasteiger charge is 2.11. The molecule has 3 N–H and O–H groups in total. The minimum atomic E-state index is -0.0903. The first-order valence-corrected chi connectivity index (χ1v) is 7.32. The van der Waals surface area contributed by atoms with Gasteiger partial charge in [-0.15, -0.1) is 0 Å². The first kappa shape index (κ1) is 15.8. The van der Waals surface area contributed by atoms with E-state index in [1.807, 2.05) is 0 Å². The lowest BCUT2D eigenvalue weighted by atomic mass is 10.2. The predicted molar refractivity (Wildman–Crippen MR) is 84.7 cm³/mol. The van der Waals surface area contributed by atoms with Crippen molar-refractivity contribution in [2.24, 2.45) is 5.73 Å². The Morgan fingerprint density at radius 3 is 2.67 bits per heavy atom. The number of hydrogen-bond donors (Lipinski definition) is 2. The summed E-state index contributed by atoms with van der Waals surface area (Å²) in [7, 11) is 0. The molecule has 0 aliphatic carbocycles. The van der Waals surface area contributed by atoms with Crippen LogP contribution in [-0.4, -0.2) is 22.2 Å². The van der Waals surface area contributed by atoms with Crippen molar-refractivity contribution in [2.75, 3.05) is 11.9 Å². The number of nitrogens with one attached hydrogen (secondary N) is 1. The van der Waals surface area contributed by atoms with Crippen molar-refractivity contribution in [3.63, 3.8) is 0 Å². The third kappa shape index (κ3) is 4.20. The standard InChI is InChI=1S/C14H16Cl2N4O/c15-11-3-1-4-12(16)10(11)9-20-13(6-8-18-20)19-14(21)5-2-7-17/h1,3-4,6,8H,2,5,7,9,17H2,(H,19,21). The smallest absolute Gasteiger partial charge is 0.225 e. The van der Waals surface area contributed by atoms with Crippen molar-refractivity contribution in [1.29, 1.82) is 0 Å². The Morgan fingerprint density at radius 1 is 1.29 bits per heavy atom. The number of amides is 1. The molecule has 1 heterocycles. The van der Waals surface area contributed by atoms with E-state index in [1.165, 1.54) is 0 Å². The monoisotopic (exact) mass is 326 g/mol. The molecule has 7 heteroatoms. The number of nitrogens with zero attached hydrogens (tertiary/aromatic N) is 2. The van der Waals surface area contributed by atoms with Crippen LogP contribution in [-0.2, 0) is 11.3 Å². The van der Waals surface area contributed by atoms with Gasteiger partial charge in [-0.25, -0.2) is 4.68 Å². The van der Waals surface area contributed by atoms with Crippen LogP contribution in [0.2, 0.25) is 10.0 Å². The second kappa shape index (κ2) is 7.45. The topological polar surface area (TPSA) is 72.9 Å². The van der Waals surface area contributed by atoms with E-state index in [9.17, 15) is 4.79 Å². The molecule has 2 aromatic rings. The Bertz CT molecular complexity index is 607. The molecule has 0 radical (unpaired) electrons. The normalized spacial score (nSPS) is 10.6. The van der Waals surface area contributed by atoms with Gasteiger partial charge in [0.15, 0.2) is 0 Å². The maximum atomic E-state index is 11.7. The lowest BCUT2D eigenvalue weighted by Gasteiger charge is -2.11. The van der Waals surface area contributed by atoms with Gasteiger partial charge in [0, 0.05) is 28.1 Å². The minimum Gasteiger partial charge on any atom is -0.330 e. The van der Waals surface area contributed by atoms with Crippen LogP contribution in [0.25, 0.3) is 0 Å². The average Bonchev–Trinajstić information content (AvgIpc) is 2.88. The molecular formula is C14H16Cl2N4O. The fraction of sp³-hybridized carbons (Fsp3) is 0.286. The van der Waals surface area contributed by atoms with E-state index < -0.39 is 0 Å². The molecule has 0 atom stereocenters. The molecule has 0 bridgehead atoms. The third-order valence-electron chi connectivity index (χ3n) is 2.96. The van der Waals surface area contributed by atoms with E-state index in [0.717, 1.165) is 5.56 Å². The zero-order valence-corrected chi connectivity index (χ0v) is 12.9. The highest BCUT2D eigenvalue weighted by Crippen LogP contribution is 2.25. The molecule has 0 spiro atoms. The first-order chi connectivity index (χ1) is 10.1. The van der Waals surface area contributed by atoms with E-state index in [0.29, 0.717) is 41.8 Å². The Morgan fingerprint density at radius 2 is 2.00 bits per heavy atom. The van der Waals surface area contributed by atoms with Crippen molar-refractivity contribution < 1.29 is 4.79 Å².